The van der Waals surface area contributed by atoms with Gasteiger partial charge in [0.25, 0.3) is 17.8 Å². The molecule has 8 nitrogen and oxygen atoms in total. The van der Waals surface area contributed by atoms with Gasteiger partial charge >= 0.3 is 5.69 Å². The molecular weight excluding hydrogens is 482 g/mol. The minimum absolute atomic E-state index is 0.121. The number of allylic oxidation sites excluding steroid dienone is 1. The number of fused-ring (bicyclic) bond motifs is 1. The van der Waals surface area contributed by atoms with Gasteiger partial charge in [-0.15, -0.1) is 0 Å². The van der Waals surface area contributed by atoms with E-state index in [9.17, 15) is 23.5 Å². The first kappa shape index (κ1) is 24.5. The van der Waals surface area contributed by atoms with Crippen molar-refractivity contribution in [3.8, 4) is 5.75 Å². The summed E-state index contributed by atoms with van der Waals surface area (Å²) in [6, 6.07) is 12.3. The molecule has 0 fully saturated rings. The molecule has 1 aromatic heterocycles. The highest BCUT2D eigenvalue weighted by Gasteiger charge is 2.37. The molecule has 1 aliphatic heterocycles. The van der Waals surface area contributed by atoms with Gasteiger partial charge in [0.15, 0.2) is 0 Å². The lowest BCUT2D eigenvalue weighted by Gasteiger charge is -2.27. The normalized spacial score (nSPS) is 15.0. The first-order valence-electron chi connectivity index (χ1n) is 10.7. The van der Waals surface area contributed by atoms with Crippen molar-refractivity contribution in [3.63, 3.8) is 0 Å². The number of halogens is 3. The highest BCUT2D eigenvalue weighted by Crippen LogP contribution is 2.35. The lowest BCUT2D eigenvalue weighted by Crippen LogP contribution is -2.43. The second kappa shape index (κ2) is 9.55. The van der Waals surface area contributed by atoms with Gasteiger partial charge in [0.2, 0.25) is 0 Å². The van der Waals surface area contributed by atoms with E-state index in [1.807, 2.05) is 0 Å². The Morgan fingerprint density at radius 2 is 1.94 bits per heavy atom. The lowest BCUT2D eigenvalue weighted by atomic mass is 10.1. The van der Waals surface area contributed by atoms with E-state index in [1.54, 1.807) is 29.2 Å². The molecule has 0 aliphatic carbocycles. The summed E-state index contributed by atoms with van der Waals surface area (Å²) >= 11 is 5.99. The van der Waals surface area contributed by atoms with E-state index < -0.39 is 30.1 Å². The second-order valence-electron chi connectivity index (χ2n) is 7.94. The van der Waals surface area contributed by atoms with E-state index in [-0.39, 0.29) is 35.9 Å². The molecular formula is C24H23ClF2N4O4. The fourth-order valence-electron chi connectivity index (χ4n) is 3.85. The monoisotopic (exact) mass is 504 g/mol. The number of anilines is 2. The highest BCUT2D eigenvalue weighted by molar-refractivity contribution is 6.30. The van der Waals surface area contributed by atoms with Crippen LogP contribution in [0.3, 0.4) is 0 Å². The van der Waals surface area contributed by atoms with Gasteiger partial charge in [0.05, 0.1) is 13.2 Å². The predicted molar refractivity (Wildman–Crippen MR) is 129 cm³/mol. The minimum atomic E-state index is -3.25. The summed E-state index contributed by atoms with van der Waals surface area (Å²) in [6.45, 7) is 2.77. The number of benzene rings is 2. The summed E-state index contributed by atoms with van der Waals surface area (Å²) in [5.74, 6) is -2.92. The molecule has 0 saturated heterocycles. The van der Waals surface area contributed by atoms with Crippen LogP contribution in [0.4, 0.5) is 20.3 Å². The molecule has 0 spiro atoms. The van der Waals surface area contributed by atoms with Crippen LogP contribution in [0.2, 0.25) is 5.02 Å². The van der Waals surface area contributed by atoms with E-state index in [0.717, 1.165) is 10.1 Å². The number of aliphatic hydroxyl groups excluding tert-OH is 1. The molecule has 4 rings (SSSR count). The highest BCUT2D eigenvalue weighted by atomic mass is 35.5. The molecule has 1 unspecified atom stereocenters. The Morgan fingerprint density at radius 3 is 2.60 bits per heavy atom. The van der Waals surface area contributed by atoms with Crippen molar-refractivity contribution in [2.75, 3.05) is 16.8 Å². The van der Waals surface area contributed by atoms with Crippen LogP contribution in [0.25, 0.3) is 0 Å². The summed E-state index contributed by atoms with van der Waals surface area (Å²) in [7, 11) is 1.48. The zero-order chi connectivity index (χ0) is 25.3. The molecule has 184 valence electrons. The number of nitrogens with zero attached hydrogens (tertiary/aromatic N) is 3. The third-order valence-electron chi connectivity index (χ3n) is 5.67. The van der Waals surface area contributed by atoms with Crippen LogP contribution in [-0.4, -0.2) is 27.2 Å². The fourth-order valence-corrected chi connectivity index (χ4v) is 3.98. The molecule has 0 amide bonds. The Morgan fingerprint density at radius 1 is 1.23 bits per heavy atom. The molecule has 0 radical (unpaired) electrons. The lowest BCUT2D eigenvalue weighted by molar-refractivity contribution is 0.0521. The Balaban J connectivity index is 1.78. The summed E-state index contributed by atoms with van der Waals surface area (Å²) in [4.78, 5) is 27.6. The van der Waals surface area contributed by atoms with E-state index in [1.165, 1.54) is 35.9 Å². The number of aromatic nitrogens is 2. The molecule has 11 heteroatoms. The zero-order valence-electron chi connectivity index (χ0n) is 18.7. The number of hydrogen-bond donors (Lipinski definition) is 2. The maximum atomic E-state index is 14.1. The van der Waals surface area contributed by atoms with Gasteiger partial charge in [0.1, 0.15) is 17.3 Å². The Hall–Kier alpha value is -3.63. The van der Waals surface area contributed by atoms with Crippen molar-refractivity contribution in [1.29, 1.82) is 0 Å². The maximum Gasteiger partial charge on any atom is 0.332 e. The topological polar surface area (TPSA) is 88.7 Å². The van der Waals surface area contributed by atoms with Crippen molar-refractivity contribution in [2.24, 2.45) is 7.05 Å². The van der Waals surface area contributed by atoms with Gasteiger partial charge in [-0.1, -0.05) is 42.4 Å². The molecule has 2 aromatic carbocycles. The second-order valence-corrected chi connectivity index (χ2v) is 8.38. The number of rotatable bonds is 8. The van der Waals surface area contributed by atoms with Crippen molar-refractivity contribution in [1.82, 2.24) is 9.13 Å². The smallest absolute Gasteiger partial charge is 0.332 e. The van der Waals surface area contributed by atoms with Crippen LogP contribution in [0.5, 0.6) is 5.75 Å². The Bertz CT molecular complexity index is 1370. The van der Waals surface area contributed by atoms with Crippen molar-refractivity contribution in [3.05, 3.63) is 98.2 Å². The van der Waals surface area contributed by atoms with Gasteiger partial charge in [-0.25, -0.2) is 4.79 Å². The fraction of sp³-hybridized carbons (Fsp3) is 0.250. The molecule has 2 heterocycles. The summed E-state index contributed by atoms with van der Waals surface area (Å²) in [5, 5.41) is 12.9. The van der Waals surface area contributed by atoms with Gasteiger partial charge < -0.3 is 20.1 Å². The van der Waals surface area contributed by atoms with Gasteiger partial charge in [0, 0.05) is 24.2 Å². The number of alkyl halides is 2. The average molecular weight is 505 g/mol. The van der Waals surface area contributed by atoms with Crippen LogP contribution in [0.1, 0.15) is 11.1 Å². The molecule has 2 N–H and O–H groups in total. The summed E-state index contributed by atoms with van der Waals surface area (Å²) < 4.78 is 36.5. The first-order valence-corrected chi connectivity index (χ1v) is 11.0. The van der Waals surface area contributed by atoms with Crippen LogP contribution in [0.15, 0.2) is 70.8 Å². The van der Waals surface area contributed by atoms with E-state index in [0.29, 0.717) is 11.1 Å². The van der Waals surface area contributed by atoms with Crippen molar-refractivity contribution >= 4 is 23.1 Å². The SMILES string of the molecule is C=CC(F)(F)c1cccc(OC2Nc3c(c(=O)n(CCO)c(=O)n3C)N2Cc2ccc(Cl)cc2)c1. The zero-order valence-corrected chi connectivity index (χ0v) is 19.5. The minimum Gasteiger partial charge on any atom is -0.452 e. The van der Waals surface area contributed by atoms with E-state index in [2.05, 4.69) is 11.9 Å². The van der Waals surface area contributed by atoms with E-state index >= 15 is 0 Å². The summed E-state index contributed by atoms with van der Waals surface area (Å²) in [6.07, 6.45) is -0.460. The van der Waals surface area contributed by atoms with Gasteiger partial charge in [-0.3, -0.25) is 13.9 Å². The molecule has 0 bridgehead atoms. The summed E-state index contributed by atoms with van der Waals surface area (Å²) in [5.41, 5.74) is -0.603. The quantitative estimate of drug-likeness (QED) is 0.458. The van der Waals surface area contributed by atoms with Gasteiger partial charge in [-0.2, -0.15) is 8.78 Å². The van der Waals surface area contributed by atoms with Crippen molar-refractivity contribution < 1.29 is 18.6 Å². The third kappa shape index (κ3) is 4.67. The predicted octanol–water partition coefficient (Wildman–Crippen LogP) is 3.27. The van der Waals surface area contributed by atoms with Gasteiger partial charge in [-0.05, 0) is 35.9 Å². The third-order valence-corrected chi connectivity index (χ3v) is 5.92. The Kier molecular flexibility index (Phi) is 6.68. The van der Waals surface area contributed by atoms with E-state index in [4.69, 9.17) is 16.3 Å². The molecule has 3 aromatic rings. The molecule has 35 heavy (non-hydrogen) atoms. The molecule has 1 atom stereocenters. The first-order chi connectivity index (χ1) is 16.7. The largest absolute Gasteiger partial charge is 0.452 e. The van der Waals surface area contributed by atoms with Crippen molar-refractivity contribution in [2.45, 2.75) is 25.4 Å². The Labute approximate surface area is 204 Å². The number of aliphatic hydroxyl groups is 1. The van der Waals surface area contributed by atoms with Crippen LogP contribution < -0.4 is 26.2 Å². The van der Waals surface area contributed by atoms with Crippen LogP contribution in [-0.2, 0) is 26.1 Å². The maximum absolute atomic E-state index is 14.1. The number of hydrogen-bond acceptors (Lipinski definition) is 6. The molecule has 0 saturated carbocycles. The standard InChI is InChI=1S/C24H23ClF2N4O4/c1-3-24(26,27)16-5-4-6-18(13-16)35-22-28-20-19(21(33)30(11-12-32)23(34)29(20)2)31(22)14-15-7-9-17(25)10-8-15/h3-10,13,22,28,32H,1,11-12,14H2,2H3. The molecule has 1 aliphatic rings. The average Bonchev–Trinajstić information content (AvgIpc) is 3.20. The number of ether oxygens (including phenoxy) is 1. The van der Waals surface area contributed by atoms with Crippen LogP contribution in [0, 0.1) is 0 Å². The number of nitrogens with one attached hydrogen (secondary N) is 1. The van der Waals surface area contributed by atoms with Crippen LogP contribution >= 0.6 is 11.6 Å².